The van der Waals surface area contributed by atoms with Gasteiger partial charge in [0.15, 0.2) is 0 Å². The maximum atomic E-state index is 12.5. The Balaban J connectivity index is 5.00. The minimum Gasteiger partial charge on any atom is -0.481 e. The molecule has 0 aliphatic heterocycles. The molecule has 0 spiro atoms. The first-order valence-corrected chi connectivity index (χ1v) is 11.6. The van der Waals surface area contributed by atoms with Crippen molar-refractivity contribution in [3.8, 4) is 0 Å². The van der Waals surface area contributed by atoms with Gasteiger partial charge in [0.25, 0.3) is 0 Å². The van der Waals surface area contributed by atoms with Gasteiger partial charge in [-0.15, -0.1) is 0 Å². The van der Waals surface area contributed by atoms with Crippen molar-refractivity contribution in [2.24, 2.45) is 11.5 Å². The molecule has 1 unspecified atom stereocenters. The molecule has 0 bridgehead atoms. The summed E-state index contributed by atoms with van der Waals surface area (Å²) in [6.45, 7) is 0. The zero-order valence-electron chi connectivity index (χ0n) is 16.8. The second-order valence-corrected chi connectivity index (χ2v) is 9.00. The van der Waals surface area contributed by atoms with Crippen molar-refractivity contribution < 1.29 is 49.2 Å². The van der Waals surface area contributed by atoms with Gasteiger partial charge in [0, 0.05) is 24.3 Å². The molecule has 0 aliphatic carbocycles. The van der Waals surface area contributed by atoms with E-state index in [1.165, 1.54) is 0 Å². The molecule has 0 aromatic carbocycles. The van der Waals surface area contributed by atoms with Crippen LogP contribution < -0.4 is 22.1 Å². The number of aliphatic carboxylic acids is 4. The summed E-state index contributed by atoms with van der Waals surface area (Å²) in [4.78, 5) is 68.1. The Bertz CT molecular complexity index is 708. The molecule has 16 heteroatoms. The number of hydrogen-bond acceptors (Lipinski definition) is 10. The number of nitrogens with two attached hydrogens (primary N) is 2. The molecule has 2 amide bonds. The lowest BCUT2D eigenvalue weighted by Crippen LogP contribution is -2.55. The van der Waals surface area contributed by atoms with Crippen LogP contribution in [-0.2, 0) is 28.8 Å². The van der Waals surface area contributed by atoms with Crippen LogP contribution in [0.1, 0.15) is 25.7 Å². The Hall–Kier alpha value is -2.56. The quantitative estimate of drug-likeness (QED) is 0.0788. The lowest BCUT2D eigenvalue weighted by atomic mass is 10.1. The molecule has 0 rings (SSSR count). The van der Waals surface area contributed by atoms with Gasteiger partial charge in [-0.05, 0) is 12.8 Å². The summed E-state index contributed by atoms with van der Waals surface area (Å²) < 4.78 is 0. The molecule has 0 aromatic rings. The molecule has 14 nitrogen and oxygen atoms in total. The monoisotopic (exact) mass is 498 g/mol. The number of carbonyl (C=O) groups excluding carboxylic acids is 2. The van der Waals surface area contributed by atoms with Crippen molar-refractivity contribution in [1.29, 1.82) is 0 Å². The molecule has 0 saturated carbocycles. The number of nitrogens with one attached hydrogen (secondary N) is 2. The number of amides is 2. The van der Waals surface area contributed by atoms with E-state index in [9.17, 15) is 33.9 Å². The maximum Gasteiger partial charge on any atom is 0.327 e. The van der Waals surface area contributed by atoms with Gasteiger partial charge in [0.1, 0.15) is 18.1 Å². The molecule has 4 atom stereocenters. The Morgan fingerprint density at radius 1 is 0.656 bits per heavy atom. The van der Waals surface area contributed by atoms with Crippen LogP contribution in [0.3, 0.4) is 0 Å². The predicted molar refractivity (Wildman–Crippen MR) is 114 cm³/mol. The van der Waals surface area contributed by atoms with E-state index in [2.05, 4.69) is 10.6 Å². The largest absolute Gasteiger partial charge is 0.481 e. The fraction of sp³-hybridized carbons (Fsp3) is 0.625. The van der Waals surface area contributed by atoms with Gasteiger partial charge in [-0.2, -0.15) is 0 Å². The lowest BCUT2D eigenvalue weighted by molar-refractivity contribution is -0.142. The maximum absolute atomic E-state index is 12.5. The van der Waals surface area contributed by atoms with Crippen molar-refractivity contribution in [3.05, 3.63) is 0 Å². The van der Waals surface area contributed by atoms with Crippen molar-refractivity contribution in [2.45, 2.75) is 49.9 Å². The fourth-order valence-electron chi connectivity index (χ4n) is 1.98. The highest BCUT2D eigenvalue weighted by molar-refractivity contribution is 8.76. The van der Waals surface area contributed by atoms with E-state index >= 15 is 0 Å². The smallest absolute Gasteiger partial charge is 0.327 e. The second kappa shape index (κ2) is 15.3. The van der Waals surface area contributed by atoms with Gasteiger partial charge < -0.3 is 42.5 Å². The first-order valence-electron chi connectivity index (χ1n) is 9.10. The van der Waals surface area contributed by atoms with E-state index in [0.29, 0.717) is 0 Å². The van der Waals surface area contributed by atoms with Crippen LogP contribution in [0.5, 0.6) is 0 Å². The van der Waals surface area contributed by atoms with E-state index in [1.54, 1.807) is 0 Å². The summed E-state index contributed by atoms with van der Waals surface area (Å²) in [6, 6.07) is -5.27. The topological polar surface area (TPSA) is 259 Å². The van der Waals surface area contributed by atoms with Crippen molar-refractivity contribution in [2.75, 3.05) is 11.5 Å². The summed E-state index contributed by atoms with van der Waals surface area (Å²) in [5.74, 6) is -7.11. The average molecular weight is 499 g/mol. The standard InChI is InChI=1S/C16H26N4O10S2/c17-7(1-3-11(21)22)13(25)19-9(2-4-12(23)24)14(26)20-10(16(29)30)6-32-31-5-8(18)15(27)28/h7-10H,1-6,17-18H2,(H,19,25)(H,20,26)(H,21,22)(H,23,24)(H,27,28)(H,29,30)/t7-,8?,9-,10-/m0/s1. The first-order chi connectivity index (χ1) is 14.8. The normalized spacial score (nSPS) is 14.4. The van der Waals surface area contributed by atoms with Crippen molar-refractivity contribution in [3.63, 3.8) is 0 Å². The molecule has 32 heavy (non-hydrogen) atoms. The van der Waals surface area contributed by atoms with Gasteiger partial charge >= 0.3 is 23.9 Å². The third-order valence-corrected chi connectivity index (χ3v) is 6.23. The molecular weight excluding hydrogens is 472 g/mol. The van der Waals surface area contributed by atoms with Crippen LogP contribution in [0, 0.1) is 0 Å². The highest BCUT2D eigenvalue weighted by Crippen LogP contribution is 2.22. The second-order valence-electron chi connectivity index (χ2n) is 6.45. The average Bonchev–Trinajstić information content (AvgIpc) is 2.70. The van der Waals surface area contributed by atoms with E-state index in [0.717, 1.165) is 21.6 Å². The van der Waals surface area contributed by atoms with E-state index in [4.69, 9.17) is 26.8 Å². The molecule has 0 fully saturated rings. The Morgan fingerprint density at radius 2 is 1.16 bits per heavy atom. The zero-order chi connectivity index (χ0) is 24.8. The summed E-state index contributed by atoms with van der Waals surface area (Å²) in [5, 5.41) is 39.9. The molecular formula is C16H26N4O10S2. The highest BCUT2D eigenvalue weighted by atomic mass is 33.1. The number of hydrogen-bond donors (Lipinski definition) is 8. The lowest BCUT2D eigenvalue weighted by Gasteiger charge is -2.22. The third kappa shape index (κ3) is 13.0. The Morgan fingerprint density at radius 3 is 1.66 bits per heavy atom. The fourth-order valence-corrected chi connectivity index (χ4v) is 4.25. The minimum absolute atomic E-state index is 0.00812. The SMILES string of the molecule is NC(CSSC[C@H](NC(=O)[C@H](CCC(=O)O)NC(=O)[C@@H](N)CCC(=O)O)C(=O)O)C(=O)O. The van der Waals surface area contributed by atoms with Crippen LogP contribution in [-0.4, -0.2) is 91.8 Å². The van der Waals surface area contributed by atoms with Gasteiger partial charge in [-0.3, -0.25) is 24.0 Å². The summed E-state index contributed by atoms with van der Waals surface area (Å²) in [7, 11) is 1.95. The first kappa shape index (κ1) is 29.4. The van der Waals surface area contributed by atoms with E-state index in [1.807, 2.05) is 0 Å². The molecule has 182 valence electrons. The Kier molecular flexibility index (Phi) is 14.1. The summed E-state index contributed by atoms with van der Waals surface area (Å²) in [5.41, 5.74) is 10.9. The van der Waals surface area contributed by atoms with Crippen LogP contribution >= 0.6 is 21.6 Å². The highest BCUT2D eigenvalue weighted by Gasteiger charge is 2.28. The van der Waals surface area contributed by atoms with Crippen LogP contribution in [0.4, 0.5) is 0 Å². The van der Waals surface area contributed by atoms with Gasteiger partial charge in [0.05, 0.1) is 6.04 Å². The molecule has 0 saturated heterocycles. The summed E-state index contributed by atoms with van der Waals surface area (Å²) >= 11 is 0. The van der Waals surface area contributed by atoms with Crippen molar-refractivity contribution in [1.82, 2.24) is 10.6 Å². The zero-order valence-corrected chi connectivity index (χ0v) is 18.4. The van der Waals surface area contributed by atoms with Crippen molar-refractivity contribution >= 4 is 57.3 Å². The van der Waals surface area contributed by atoms with Crippen LogP contribution in [0.15, 0.2) is 0 Å². The number of carboxylic acid groups (broad SMARTS) is 4. The van der Waals surface area contributed by atoms with Crippen LogP contribution in [0.2, 0.25) is 0 Å². The molecule has 0 aromatic heterocycles. The summed E-state index contributed by atoms with van der Waals surface area (Å²) in [6.07, 6.45) is -1.50. The molecule has 0 radical (unpaired) electrons. The minimum atomic E-state index is -1.43. The predicted octanol–water partition coefficient (Wildman–Crippen LogP) is -2.11. The third-order valence-electron chi connectivity index (χ3n) is 3.78. The Labute approximate surface area is 190 Å². The van der Waals surface area contributed by atoms with Gasteiger partial charge in [-0.25, -0.2) is 4.79 Å². The number of carbonyl (C=O) groups is 6. The van der Waals surface area contributed by atoms with E-state index in [-0.39, 0.29) is 24.3 Å². The van der Waals surface area contributed by atoms with Gasteiger partial charge in [-0.1, -0.05) is 21.6 Å². The van der Waals surface area contributed by atoms with Crippen LogP contribution in [0.25, 0.3) is 0 Å². The van der Waals surface area contributed by atoms with Gasteiger partial charge in [0.2, 0.25) is 11.8 Å². The van der Waals surface area contributed by atoms with E-state index < -0.39 is 72.7 Å². The molecule has 0 aliphatic rings. The molecule has 0 heterocycles. The molecule has 10 N–H and O–H groups in total. The number of rotatable bonds is 17. The number of carboxylic acids is 4.